The molecule has 8 heteroatoms. The minimum absolute atomic E-state index is 0. The molecule has 0 spiro atoms. The van der Waals surface area contributed by atoms with E-state index in [2.05, 4.69) is 46.1 Å². The average molecular weight is 530 g/mol. The van der Waals surface area contributed by atoms with E-state index in [9.17, 15) is 9.18 Å². The van der Waals surface area contributed by atoms with Crippen LogP contribution in [0.2, 0.25) is 0 Å². The quantitative estimate of drug-likeness (QED) is 0.180. The van der Waals surface area contributed by atoms with Gasteiger partial charge in [0.05, 0.1) is 6.42 Å². The molecule has 0 aliphatic carbocycles. The maximum absolute atomic E-state index is 13.2. The molecule has 2 rings (SSSR count). The summed E-state index contributed by atoms with van der Waals surface area (Å²) in [4.78, 5) is 19.5. The highest BCUT2D eigenvalue weighted by Gasteiger charge is 2.07. The van der Waals surface area contributed by atoms with Crippen molar-refractivity contribution in [3.63, 3.8) is 0 Å². The van der Waals surface area contributed by atoms with Crippen LogP contribution in [0, 0.1) is 5.82 Å². The number of thioether (sulfide) groups is 1. The number of rotatable bonds is 8. The Morgan fingerprint density at radius 1 is 1.10 bits per heavy atom. The third-order valence-corrected chi connectivity index (χ3v) is 4.88. The van der Waals surface area contributed by atoms with Crippen LogP contribution in [-0.2, 0) is 17.8 Å². The molecule has 0 atom stereocenters. The van der Waals surface area contributed by atoms with E-state index in [4.69, 9.17) is 0 Å². The molecule has 0 saturated carbocycles. The number of nitrogens with zero attached hydrogens (tertiary/aromatic N) is 2. The van der Waals surface area contributed by atoms with E-state index in [1.54, 1.807) is 30.9 Å². The summed E-state index contributed by atoms with van der Waals surface area (Å²) in [6, 6.07) is 14.5. The van der Waals surface area contributed by atoms with Gasteiger partial charge in [0.25, 0.3) is 0 Å². The molecule has 2 aromatic rings. The molecule has 1 amide bonds. The van der Waals surface area contributed by atoms with Gasteiger partial charge in [0.1, 0.15) is 5.82 Å². The number of carbonyl (C=O) groups is 1. The Bertz CT molecular complexity index is 802. The van der Waals surface area contributed by atoms with Gasteiger partial charge in [0.15, 0.2) is 5.96 Å². The fourth-order valence-electron chi connectivity index (χ4n) is 2.74. The van der Waals surface area contributed by atoms with Crippen LogP contribution in [0.15, 0.2) is 58.4 Å². The van der Waals surface area contributed by atoms with Gasteiger partial charge in [-0.2, -0.15) is 0 Å². The van der Waals surface area contributed by atoms with Crippen molar-refractivity contribution in [1.29, 1.82) is 0 Å². The van der Waals surface area contributed by atoms with Crippen molar-refractivity contribution in [3.05, 3.63) is 65.5 Å². The fraction of sp³-hybridized carbons (Fsp3) is 0.333. The van der Waals surface area contributed by atoms with Crippen LogP contribution in [0.4, 0.5) is 4.39 Å². The molecule has 0 saturated heterocycles. The Morgan fingerprint density at radius 2 is 1.79 bits per heavy atom. The van der Waals surface area contributed by atoms with Gasteiger partial charge in [-0.15, -0.1) is 35.7 Å². The number of halogens is 2. The second-order valence-corrected chi connectivity index (χ2v) is 7.21. The summed E-state index contributed by atoms with van der Waals surface area (Å²) in [5.41, 5.74) is 1.86. The molecule has 158 valence electrons. The first kappa shape index (κ1) is 25.2. The number of guanidine groups is 1. The summed E-state index contributed by atoms with van der Waals surface area (Å²) >= 11 is 1.72. The van der Waals surface area contributed by atoms with Gasteiger partial charge >= 0.3 is 0 Å². The lowest BCUT2D eigenvalue weighted by Gasteiger charge is -2.22. The number of hydrogen-bond donors (Lipinski definition) is 2. The van der Waals surface area contributed by atoms with E-state index in [0.717, 1.165) is 12.5 Å². The Balaban J connectivity index is 0.00000420. The SMILES string of the molecule is CN=C(NCCNC(=O)Cc1cccc(F)c1)N(C)Cc1ccc(SC)cc1.I. The smallest absolute Gasteiger partial charge is 0.224 e. The molecule has 0 fully saturated rings. The van der Waals surface area contributed by atoms with Crippen molar-refractivity contribution in [2.45, 2.75) is 17.9 Å². The number of nitrogens with one attached hydrogen (secondary N) is 2. The highest BCUT2D eigenvalue weighted by atomic mass is 127. The number of hydrogen-bond acceptors (Lipinski definition) is 3. The van der Waals surface area contributed by atoms with Gasteiger partial charge in [0.2, 0.25) is 5.91 Å². The third-order valence-electron chi connectivity index (χ3n) is 4.14. The van der Waals surface area contributed by atoms with Crippen molar-refractivity contribution >= 4 is 47.6 Å². The van der Waals surface area contributed by atoms with Crippen LogP contribution in [-0.4, -0.2) is 50.2 Å². The predicted molar refractivity (Wildman–Crippen MR) is 130 cm³/mol. The molecule has 0 heterocycles. The highest BCUT2D eigenvalue weighted by molar-refractivity contribution is 14.0. The van der Waals surface area contributed by atoms with Crippen molar-refractivity contribution in [3.8, 4) is 0 Å². The van der Waals surface area contributed by atoms with E-state index in [1.807, 2.05) is 11.9 Å². The van der Waals surface area contributed by atoms with Gasteiger partial charge in [-0.05, 0) is 41.6 Å². The van der Waals surface area contributed by atoms with E-state index in [-0.39, 0.29) is 42.1 Å². The van der Waals surface area contributed by atoms with E-state index in [0.29, 0.717) is 18.7 Å². The minimum Gasteiger partial charge on any atom is -0.354 e. The predicted octanol–water partition coefficient (Wildman–Crippen LogP) is 3.53. The van der Waals surface area contributed by atoms with E-state index < -0.39 is 0 Å². The number of benzene rings is 2. The molecule has 0 bridgehead atoms. The topological polar surface area (TPSA) is 56.7 Å². The van der Waals surface area contributed by atoms with Crippen LogP contribution >= 0.6 is 35.7 Å². The highest BCUT2D eigenvalue weighted by Crippen LogP contribution is 2.15. The monoisotopic (exact) mass is 530 g/mol. The normalized spacial score (nSPS) is 10.8. The largest absolute Gasteiger partial charge is 0.354 e. The van der Waals surface area contributed by atoms with Crippen LogP contribution < -0.4 is 10.6 Å². The van der Waals surface area contributed by atoms with Crippen molar-refractivity contribution in [2.75, 3.05) is 33.4 Å². The summed E-state index contributed by atoms with van der Waals surface area (Å²) in [5.74, 6) is 0.292. The summed E-state index contributed by atoms with van der Waals surface area (Å²) in [7, 11) is 3.71. The molecule has 0 radical (unpaired) electrons. The molecule has 0 aliphatic heterocycles. The minimum atomic E-state index is -0.332. The maximum Gasteiger partial charge on any atom is 0.224 e. The van der Waals surface area contributed by atoms with Crippen LogP contribution in [0.1, 0.15) is 11.1 Å². The van der Waals surface area contributed by atoms with Gasteiger partial charge in [-0.25, -0.2) is 4.39 Å². The van der Waals surface area contributed by atoms with Crippen LogP contribution in [0.25, 0.3) is 0 Å². The van der Waals surface area contributed by atoms with Crippen molar-refractivity contribution in [1.82, 2.24) is 15.5 Å². The first-order valence-electron chi connectivity index (χ1n) is 9.07. The van der Waals surface area contributed by atoms with Crippen LogP contribution in [0.5, 0.6) is 0 Å². The second kappa shape index (κ2) is 13.4. The average Bonchev–Trinajstić information content (AvgIpc) is 2.68. The van der Waals surface area contributed by atoms with Crippen molar-refractivity contribution < 1.29 is 9.18 Å². The number of aliphatic imine (C=N–C) groups is 1. The molecule has 0 aliphatic rings. The Morgan fingerprint density at radius 3 is 2.41 bits per heavy atom. The molecule has 2 N–H and O–H groups in total. The molecular formula is C21H28FIN4OS. The molecule has 2 aromatic carbocycles. The standard InChI is InChI=1S/C21H27FN4OS.HI/c1-23-21(26(2)15-16-7-9-19(28-3)10-8-16)25-12-11-24-20(27)14-17-5-4-6-18(22)13-17;/h4-10,13H,11-12,14-15H2,1-3H3,(H,23,25)(H,24,27);1H. The zero-order valence-electron chi connectivity index (χ0n) is 16.9. The Kier molecular flexibility index (Phi) is 11.7. The summed E-state index contributed by atoms with van der Waals surface area (Å²) in [6.45, 7) is 1.75. The number of carbonyl (C=O) groups excluding carboxylic acids is 1. The molecule has 29 heavy (non-hydrogen) atoms. The lowest BCUT2D eigenvalue weighted by atomic mass is 10.1. The van der Waals surface area contributed by atoms with Gasteiger partial charge in [0, 0.05) is 38.6 Å². The summed E-state index contributed by atoms with van der Waals surface area (Å²) in [6.07, 6.45) is 2.22. The Hall–Kier alpha value is -1.81. The molecule has 5 nitrogen and oxygen atoms in total. The number of amides is 1. The van der Waals surface area contributed by atoms with E-state index >= 15 is 0 Å². The lowest BCUT2D eigenvalue weighted by molar-refractivity contribution is -0.120. The van der Waals surface area contributed by atoms with Crippen molar-refractivity contribution in [2.24, 2.45) is 4.99 Å². The molecular weight excluding hydrogens is 502 g/mol. The van der Waals surface area contributed by atoms with Gasteiger partial charge in [-0.3, -0.25) is 9.79 Å². The summed E-state index contributed by atoms with van der Waals surface area (Å²) < 4.78 is 13.2. The Labute approximate surface area is 193 Å². The maximum atomic E-state index is 13.2. The first-order valence-corrected chi connectivity index (χ1v) is 10.3. The molecule has 0 aromatic heterocycles. The first-order chi connectivity index (χ1) is 13.5. The molecule has 0 unspecified atom stereocenters. The van der Waals surface area contributed by atoms with E-state index in [1.165, 1.54) is 22.6 Å². The lowest BCUT2D eigenvalue weighted by Crippen LogP contribution is -2.42. The van der Waals surface area contributed by atoms with Gasteiger partial charge < -0.3 is 15.5 Å². The summed E-state index contributed by atoms with van der Waals surface area (Å²) in [5, 5.41) is 6.07. The fourth-order valence-corrected chi connectivity index (χ4v) is 3.14. The van der Waals surface area contributed by atoms with Gasteiger partial charge in [-0.1, -0.05) is 24.3 Å². The third kappa shape index (κ3) is 9.03. The van der Waals surface area contributed by atoms with Crippen LogP contribution in [0.3, 0.4) is 0 Å². The zero-order valence-corrected chi connectivity index (χ0v) is 20.1. The zero-order chi connectivity index (χ0) is 20.4. The second-order valence-electron chi connectivity index (χ2n) is 6.33.